The first-order valence-electron chi connectivity index (χ1n) is 7.83. The Bertz CT molecular complexity index is 843. The van der Waals surface area contributed by atoms with Crippen LogP contribution in [0.4, 0.5) is 0 Å². The Morgan fingerprint density at radius 2 is 1.96 bits per heavy atom. The van der Waals surface area contributed by atoms with Crippen LogP contribution in [0.3, 0.4) is 0 Å². The summed E-state index contributed by atoms with van der Waals surface area (Å²) in [5.41, 5.74) is -1.40. The van der Waals surface area contributed by atoms with E-state index in [1.54, 1.807) is 0 Å². The molecule has 1 aliphatic rings. The lowest BCUT2D eigenvalue weighted by molar-refractivity contribution is -0.535. The van der Waals surface area contributed by atoms with E-state index in [1.807, 2.05) is 4.98 Å². The fraction of sp³-hybridized carbons (Fsp3) is 0.600. The van der Waals surface area contributed by atoms with Crippen LogP contribution >= 0.6 is 0 Å². The molecule has 0 spiro atoms. The molecule has 0 bridgehead atoms. The van der Waals surface area contributed by atoms with Gasteiger partial charge in [-0.25, -0.2) is 4.79 Å². The molecule has 0 aliphatic carbocycles. The number of H-pyrrole nitrogens is 1. The molecule has 1 fully saturated rings. The first-order valence-corrected chi connectivity index (χ1v) is 7.83. The zero-order valence-electron chi connectivity index (χ0n) is 14.4. The topological polar surface area (TPSA) is 162 Å². The normalized spacial score (nSPS) is 25.4. The molecule has 2 heterocycles. The van der Waals surface area contributed by atoms with Crippen LogP contribution in [-0.4, -0.2) is 49.9 Å². The molecule has 0 radical (unpaired) electrons. The molecule has 0 unspecified atom stereocenters. The van der Waals surface area contributed by atoms with Gasteiger partial charge in [0.25, 0.3) is 5.56 Å². The third-order valence-corrected chi connectivity index (χ3v) is 4.52. The van der Waals surface area contributed by atoms with E-state index in [-0.39, 0.29) is 5.56 Å². The molecule has 2 rings (SSSR count). The van der Waals surface area contributed by atoms with Gasteiger partial charge in [0.1, 0.15) is 17.8 Å². The zero-order chi connectivity index (χ0) is 19.8. The van der Waals surface area contributed by atoms with Crippen LogP contribution in [0.1, 0.15) is 25.6 Å². The van der Waals surface area contributed by atoms with Crippen molar-refractivity contribution in [3.63, 3.8) is 0 Å². The quantitative estimate of drug-likeness (QED) is 0.358. The van der Waals surface area contributed by atoms with Crippen LogP contribution in [0, 0.1) is 28.9 Å². The van der Waals surface area contributed by atoms with E-state index in [4.69, 9.17) is 4.74 Å². The minimum Gasteiger partial charge on any atom is -0.393 e. The number of nitrogens with zero attached hydrogens (tertiary/aromatic N) is 2. The van der Waals surface area contributed by atoms with Crippen LogP contribution in [-0.2, 0) is 14.3 Å². The number of aryl methyl sites for hydroxylation is 1. The number of aliphatic hydroxyl groups is 1. The number of hydrogen-bond acceptors (Lipinski definition) is 8. The number of aromatic nitrogens is 2. The van der Waals surface area contributed by atoms with Gasteiger partial charge in [-0.05, 0) is 20.8 Å². The number of ketones is 2. The van der Waals surface area contributed by atoms with Crippen molar-refractivity contribution in [2.24, 2.45) is 11.8 Å². The van der Waals surface area contributed by atoms with Gasteiger partial charge in [0.2, 0.25) is 6.04 Å². The van der Waals surface area contributed by atoms with Crippen LogP contribution < -0.4 is 11.2 Å². The summed E-state index contributed by atoms with van der Waals surface area (Å²) in [7, 11) is 0. The fourth-order valence-electron chi connectivity index (χ4n) is 3.41. The Balaban J connectivity index is 2.69. The Labute approximate surface area is 146 Å². The van der Waals surface area contributed by atoms with Gasteiger partial charge in [-0.15, -0.1) is 0 Å². The fourth-order valence-corrected chi connectivity index (χ4v) is 3.41. The van der Waals surface area contributed by atoms with Gasteiger partial charge < -0.3 is 9.84 Å². The lowest BCUT2D eigenvalue weighted by Crippen LogP contribution is -2.45. The molecule has 1 aromatic heterocycles. The summed E-state index contributed by atoms with van der Waals surface area (Å²) in [6, 6.07) is -1.58. The van der Waals surface area contributed by atoms with Gasteiger partial charge in [0, 0.05) is 16.7 Å². The average molecular weight is 369 g/mol. The molecule has 2 N–H and O–H groups in total. The highest BCUT2D eigenvalue weighted by molar-refractivity contribution is 6.00. The Morgan fingerprint density at radius 3 is 2.42 bits per heavy atom. The number of aliphatic hydroxyl groups excluding tert-OH is 1. The first kappa shape index (κ1) is 19.7. The molecule has 1 saturated heterocycles. The summed E-state index contributed by atoms with van der Waals surface area (Å²) in [6.07, 6.45) is -1.55. The zero-order valence-corrected chi connectivity index (χ0v) is 14.4. The molecule has 11 heteroatoms. The monoisotopic (exact) mass is 369 g/mol. The van der Waals surface area contributed by atoms with Crippen LogP contribution in [0.5, 0.6) is 0 Å². The molecule has 1 aromatic rings. The van der Waals surface area contributed by atoms with Gasteiger partial charge in [0.15, 0.2) is 6.10 Å². The van der Waals surface area contributed by atoms with Crippen LogP contribution in [0.15, 0.2) is 15.8 Å². The molecule has 4 atom stereocenters. The van der Waals surface area contributed by atoms with Gasteiger partial charge in [0.05, 0.1) is 18.4 Å². The second-order valence-corrected chi connectivity index (χ2v) is 6.28. The van der Waals surface area contributed by atoms with Crippen molar-refractivity contribution >= 4 is 11.6 Å². The minimum atomic E-state index is -1.58. The number of carbonyl (C=O) groups excluding carboxylic acids is 2. The van der Waals surface area contributed by atoms with Crippen molar-refractivity contribution in [2.45, 2.75) is 39.1 Å². The Hall–Kier alpha value is -2.66. The second kappa shape index (κ2) is 7.30. The van der Waals surface area contributed by atoms with Crippen molar-refractivity contribution in [3.8, 4) is 0 Å². The predicted molar refractivity (Wildman–Crippen MR) is 86.2 cm³/mol. The van der Waals surface area contributed by atoms with Gasteiger partial charge in [-0.1, -0.05) is 0 Å². The summed E-state index contributed by atoms with van der Waals surface area (Å²) in [5.74, 6) is -3.95. The van der Waals surface area contributed by atoms with Crippen LogP contribution in [0.2, 0.25) is 0 Å². The summed E-state index contributed by atoms with van der Waals surface area (Å²) in [6.45, 7) is 2.92. The van der Waals surface area contributed by atoms with Gasteiger partial charge >= 0.3 is 5.69 Å². The highest BCUT2D eigenvalue weighted by Gasteiger charge is 2.58. The van der Waals surface area contributed by atoms with E-state index in [0.717, 1.165) is 24.6 Å². The summed E-state index contributed by atoms with van der Waals surface area (Å²) < 4.78 is 6.39. The molecule has 142 valence electrons. The van der Waals surface area contributed by atoms with E-state index < -0.39 is 64.6 Å². The number of hydrogen-bond donors (Lipinski definition) is 2. The van der Waals surface area contributed by atoms with E-state index in [9.17, 15) is 34.4 Å². The van der Waals surface area contributed by atoms with Crippen molar-refractivity contribution in [1.82, 2.24) is 9.55 Å². The van der Waals surface area contributed by atoms with Crippen molar-refractivity contribution in [1.29, 1.82) is 0 Å². The minimum absolute atomic E-state index is 0.138. The number of ether oxygens (including phenoxy) is 1. The van der Waals surface area contributed by atoms with E-state index in [0.29, 0.717) is 0 Å². The summed E-state index contributed by atoms with van der Waals surface area (Å²) in [4.78, 5) is 60.7. The number of nitro groups is 1. The molecular weight excluding hydrogens is 350 g/mol. The second-order valence-electron chi connectivity index (χ2n) is 6.28. The smallest absolute Gasteiger partial charge is 0.330 e. The predicted octanol–water partition coefficient (Wildman–Crippen LogP) is -1.21. The lowest BCUT2D eigenvalue weighted by atomic mass is 9.80. The SMILES string of the molecule is CC(=O)C(C(C)=O)[C@@H]1[C@H]([N+](=O)[O-])[C@@H](CO)O[C@H]1n1cc(C)c(=O)[nH]c1=O. The Kier molecular flexibility index (Phi) is 5.52. The van der Waals surface area contributed by atoms with Crippen molar-refractivity contribution in [2.75, 3.05) is 6.61 Å². The van der Waals surface area contributed by atoms with Crippen LogP contribution in [0.25, 0.3) is 0 Å². The van der Waals surface area contributed by atoms with E-state index >= 15 is 0 Å². The molecule has 11 nitrogen and oxygen atoms in total. The highest BCUT2D eigenvalue weighted by Crippen LogP contribution is 2.41. The van der Waals surface area contributed by atoms with E-state index in [1.165, 1.54) is 6.92 Å². The summed E-state index contributed by atoms with van der Waals surface area (Å²) in [5, 5.41) is 21.0. The number of carbonyl (C=O) groups is 2. The third-order valence-electron chi connectivity index (χ3n) is 4.52. The lowest BCUT2D eigenvalue weighted by Gasteiger charge is -2.25. The molecule has 1 aliphatic heterocycles. The highest BCUT2D eigenvalue weighted by atomic mass is 16.6. The number of aromatic amines is 1. The molecular formula is C15H19N3O8. The average Bonchev–Trinajstić information content (AvgIpc) is 2.89. The van der Waals surface area contributed by atoms with E-state index in [2.05, 4.69) is 0 Å². The standard InChI is InChI=1S/C15H19N3O8/c1-6-4-17(15(23)16-13(6)22)14-11(10(7(2)20)8(3)21)12(18(24)25)9(5-19)26-14/h4,9-12,14,19H,5H2,1-3H3,(H,16,22,23)/t9-,11-,12-,14-/m1/s1. The van der Waals surface area contributed by atoms with Crippen molar-refractivity contribution < 1.29 is 24.4 Å². The first-order chi connectivity index (χ1) is 12.1. The third kappa shape index (κ3) is 3.35. The van der Waals surface area contributed by atoms with Gasteiger partial charge in [-0.3, -0.25) is 34.0 Å². The Morgan fingerprint density at radius 1 is 1.38 bits per heavy atom. The summed E-state index contributed by atoms with van der Waals surface area (Å²) >= 11 is 0. The molecule has 26 heavy (non-hydrogen) atoms. The number of rotatable bonds is 6. The molecule has 0 saturated carbocycles. The maximum Gasteiger partial charge on any atom is 0.330 e. The molecule has 0 aromatic carbocycles. The number of nitrogens with one attached hydrogen (secondary N) is 1. The van der Waals surface area contributed by atoms with Crippen molar-refractivity contribution in [3.05, 3.63) is 42.7 Å². The maximum absolute atomic E-state index is 12.2. The largest absolute Gasteiger partial charge is 0.393 e. The number of Topliss-reactive ketones (excluding diaryl/α,β-unsaturated/α-hetero) is 2. The maximum atomic E-state index is 12.2. The molecule has 0 amide bonds. The van der Waals surface area contributed by atoms with Gasteiger partial charge in [-0.2, -0.15) is 0 Å².